The van der Waals surface area contributed by atoms with Crippen LogP contribution in [0.5, 0.6) is 0 Å². The van der Waals surface area contributed by atoms with Crippen LogP contribution in [0.2, 0.25) is 0 Å². The van der Waals surface area contributed by atoms with E-state index in [0.717, 1.165) is 22.9 Å². The van der Waals surface area contributed by atoms with Gasteiger partial charge in [-0.3, -0.25) is 24.1 Å². The lowest BCUT2D eigenvalue weighted by Gasteiger charge is -2.09. The summed E-state index contributed by atoms with van der Waals surface area (Å²) in [6, 6.07) is 7.65. The van der Waals surface area contributed by atoms with E-state index in [2.05, 4.69) is 4.98 Å². The van der Waals surface area contributed by atoms with Gasteiger partial charge in [0, 0.05) is 14.1 Å². The Morgan fingerprint density at radius 3 is 2.48 bits per heavy atom. The van der Waals surface area contributed by atoms with Gasteiger partial charge in [0.25, 0.3) is 5.56 Å². The van der Waals surface area contributed by atoms with Gasteiger partial charge in [-0.2, -0.15) is 0 Å². The molecule has 27 heavy (non-hydrogen) atoms. The number of fused-ring (bicyclic) bond motifs is 1. The highest BCUT2D eigenvalue weighted by Gasteiger charge is 2.19. The molecule has 0 radical (unpaired) electrons. The van der Waals surface area contributed by atoms with E-state index in [0.29, 0.717) is 10.7 Å². The molecule has 0 unspecified atom stereocenters. The van der Waals surface area contributed by atoms with Gasteiger partial charge in [0.15, 0.2) is 16.3 Å². The minimum atomic E-state index is -0.442. The average Bonchev–Trinajstić information content (AvgIpc) is 2.99. The van der Waals surface area contributed by atoms with Gasteiger partial charge in [0.2, 0.25) is 5.91 Å². The number of hydrogen-bond donors (Lipinski definition) is 2. The molecule has 0 atom stereocenters. The molecule has 2 heterocycles. The molecule has 0 saturated heterocycles. The molecule has 142 valence electrons. The lowest BCUT2D eigenvalue weighted by Crippen LogP contribution is -2.39. The van der Waals surface area contributed by atoms with Crippen molar-refractivity contribution in [2.24, 2.45) is 19.9 Å². The number of carbonyl (C=O) groups excluding carboxylic acids is 1. The molecule has 3 rings (SSSR count). The maximum atomic E-state index is 13.0. The zero-order valence-electron chi connectivity index (χ0n) is 15.2. The van der Waals surface area contributed by atoms with Crippen molar-refractivity contribution in [3.05, 3.63) is 56.2 Å². The van der Waals surface area contributed by atoms with Gasteiger partial charge in [-0.05, 0) is 12.5 Å². The first-order valence-corrected chi connectivity index (χ1v) is 9.16. The fraction of sp³-hybridized carbons (Fsp3) is 0.294. The highest BCUT2D eigenvalue weighted by atomic mass is 32.2. The molecule has 0 aliphatic carbocycles. The topological polar surface area (TPSA) is 117 Å². The summed E-state index contributed by atoms with van der Waals surface area (Å²) in [5, 5.41) is 0.453. The van der Waals surface area contributed by atoms with Gasteiger partial charge < -0.3 is 4.57 Å². The van der Waals surface area contributed by atoms with Crippen LogP contribution in [0.3, 0.4) is 0 Å². The van der Waals surface area contributed by atoms with Crippen LogP contribution < -0.4 is 22.5 Å². The van der Waals surface area contributed by atoms with Gasteiger partial charge in [0.1, 0.15) is 0 Å². The van der Waals surface area contributed by atoms with Gasteiger partial charge in [-0.15, -0.1) is 0 Å². The van der Waals surface area contributed by atoms with Gasteiger partial charge in [-0.25, -0.2) is 15.6 Å². The quantitative estimate of drug-likeness (QED) is 0.272. The minimum Gasteiger partial charge on any atom is -0.316 e. The third-order valence-corrected chi connectivity index (χ3v) is 5.30. The number of aromatic nitrogens is 4. The molecule has 0 bridgehead atoms. The lowest BCUT2D eigenvalue weighted by molar-refractivity contribution is -0.118. The molecule has 0 fully saturated rings. The number of nitrogens with two attached hydrogens (primary N) is 1. The number of carbonyl (C=O) groups is 1. The molecule has 0 spiro atoms. The van der Waals surface area contributed by atoms with Crippen LogP contribution in [0.1, 0.15) is 11.1 Å². The van der Waals surface area contributed by atoms with Crippen molar-refractivity contribution in [1.82, 2.24) is 24.1 Å². The SMILES string of the molecule is Cc1ccc(Cn2c(=O)c3c(nc(SCC(=O)NN)n3C)n(C)c2=O)cc1. The van der Waals surface area contributed by atoms with Crippen molar-refractivity contribution in [2.75, 3.05) is 5.75 Å². The summed E-state index contributed by atoms with van der Waals surface area (Å²) in [5.74, 6) is 4.77. The number of hydrazine groups is 1. The normalized spacial score (nSPS) is 11.1. The van der Waals surface area contributed by atoms with Crippen molar-refractivity contribution in [1.29, 1.82) is 0 Å². The first-order valence-electron chi connectivity index (χ1n) is 8.17. The number of aryl methyl sites for hydroxylation is 3. The summed E-state index contributed by atoms with van der Waals surface area (Å²) >= 11 is 1.14. The number of rotatable bonds is 5. The summed E-state index contributed by atoms with van der Waals surface area (Å²) in [6.07, 6.45) is 0. The van der Waals surface area contributed by atoms with E-state index in [1.165, 1.54) is 9.13 Å². The molecule has 10 heteroatoms. The number of amides is 1. The maximum absolute atomic E-state index is 13.0. The van der Waals surface area contributed by atoms with E-state index in [9.17, 15) is 14.4 Å². The van der Waals surface area contributed by atoms with Crippen LogP contribution >= 0.6 is 11.8 Å². The van der Waals surface area contributed by atoms with Gasteiger partial charge in [-0.1, -0.05) is 41.6 Å². The second-order valence-corrected chi connectivity index (χ2v) is 7.14. The van der Waals surface area contributed by atoms with Crippen molar-refractivity contribution in [3.8, 4) is 0 Å². The average molecular weight is 388 g/mol. The van der Waals surface area contributed by atoms with Crippen molar-refractivity contribution >= 4 is 28.8 Å². The van der Waals surface area contributed by atoms with E-state index in [-0.39, 0.29) is 23.9 Å². The predicted molar refractivity (Wildman–Crippen MR) is 104 cm³/mol. The number of imidazole rings is 1. The van der Waals surface area contributed by atoms with E-state index >= 15 is 0 Å². The Labute approximate surface area is 158 Å². The van der Waals surface area contributed by atoms with E-state index < -0.39 is 11.2 Å². The molecule has 2 aromatic heterocycles. The van der Waals surface area contributed by atoms with Crippen molar-refractivity contribution in [3.63, 3.8) is 0 Å². The number of nitrogens with zero attached hydrogens (tertiary/aromatic N) is 4. The zero-order valence-corrected chi connectivity index (χ0v) is 16.0. The summed E-state index contributed by atoms with van der Waals surface area (Å²) in [4.78, 5) is 41.4. The Balaban J connectivity index is 2.10. The highest BCUT2D eigenvalue weighted by Crippen LogP contribution is 2.19. The van der Waals surface area contributed by atoms with Crippen LogP contribution in [0.15, 0.2) is 39.0 Å². The standard InChI is InChI=1S/C17H20N6O3S/c1-10-4-6-11(7-5-10)8-23-15(25)13-14(22(3)17(23)26)19-16(21(13)2)27-9-12(24)20-18/h4-7H,8-9,18H2,1-3H3,(H,20,24). The third kappa shape index (κ3) is 3.53. The Hall–Kier alpha value is -2.85. The van der Waals surface area contributed by atoms with E-state index in [4.69, 9.17) is 5.84 Å². The molecule has 0 aliphatic heterocycles. The predicted octanol–water partition coefficient (Wildman–Crippen LogP) is -0.128. The molecule has 0 aliphatic rings. The summed E-state index contributed by atoms with van der Waals surface area (Å²) in [5.41, 5.74) is 3.73. The molecule has 0 saturated carbocycles. The van der Waals surface area contributed by atoms with E-state index in [1.54, 1.807) is 18.7 Å². The highest BCUT2D eigenvalue weighted by molar-refractivity contribution is 7.99. The van der Waals surface area contributed by atoms with Gasteiger partial charge in [0.05, 0.1) is 12.3 Å². The van der Waals surface area contributed by atoms with E-state index in [1.807, 2.05) is 36.6 Å². The monoisotopic (exact) mass is 388 g/mol. The lowest BCUT2D eigenvalue weighted by atomic mass is 10.1. The largest absolute Gasteiger partial charge is 0.332 e. The second kappa shape index (κ2) is 7.41. The third-order valence-electron chi connectivity index (χ3n) is 4.27. The smallest absolute Gasteiger partial charge is 0.316 e. The zero-order chi connectivity index (χ0) is 19.7. The Bertz CT molecular complexity index is 1130. The molecule has 1 amide bonds. The Morgan fingerprint density at radius 2 is 1.85 bits per heavy atom. The molecule has 3 aromatic rings. The first kappa shape index (κ1) is 18.9. The van der Waals surface area contributed by atoms with Crippen LogP contribution in [-0.2, 0) is 25.4 Å². The van der Waals surface area contributed by atoms with Crippen LogP contribution in [0.25, 0.3) is 11.2 Å². The summed E-state index contributed by atoms with van der Waals surface area (Å²) < 4.78 is 4.13. The fourth-order valence-electron chi connectivity index (χ4n) is 2.74. The Kier molecular flexibility index (Phi) is 5.19. The number of benzene rings is 1. The number of hydrogen-bond acceptors (Lipinski definition) is 6. The summed E-state index contributed by atoms with van der Waals surface area (Å²) in [6.45, 7) is 2.14. The maximum Gasteiger partial charge on any atom is 0.332 e. The van der Waals surface area contributed by atoms with Crippen LogP contribution in [0, 0.1) is 6.92 Å². The summed E-state index contributed by atoms with van der Waals surface area (Å²) in [7, 11) is 3.25. The van der Waals surface area contributed by atoms with Crippen LogP contribution in [-0.4, -0.2) is 30.3 Å². The number of nitrogens with one attached hydrogen (secondary N) is 1. The number of thioether (sulfide) groups is 1. The van der Waals surface area contributed by atoms with Crippen LogP contribution in [0.4, 0.5) is 0 Å². The molecular formula is C17H20N6O3S. The molecule has 1 aromatic carbocycles. The second-order valence-electron chi connectivity index (χ2n) is 6.20. The Morgan fingerprint density at radius 1 is 1.19 bits per heavy atom. The van der Waals surface area contributed by atoms with Crippen molar-refractivity contribution < 1.29 is 4.79 Å². The molecular weight excluding hydrogens is 368 g/mol. The van der Waals surface area contributed by atoms with Crippen molar-refractivity contribution in [2.45, 2.75) is 18.6 Å². The molecule has 9 nitrogen and oxygen atoms in total. The first-order chi connectivity index (χ1) is 12.8. The molecule has 3 N–H and O–H groups in total. The van der Waals surface area contributed by atoms with Gasteiger partial charge >= 0.3 is 5.69 Å². The fourth-order valence-corrected chi connectivity index (χ4v) is 3.52. The minimum absolute atomic E-state index is 0.0547.